The Morgan fingerprint density at radius 2 is 1.00 bits per heavy atom. The van der Waals surface area contributed by atoms with E-state index in [0.717, 1.165) is 71.6 Å². The highest BCUT2D eigenvalue weighted by atomic mass is 15.3. The molecule has 4 aliphatic rings. The molecule has 0 atom stereocenters. The van der Waals surface area contributed by atoms with Gasteiger partial charge < -0.3 is 0 Å². The number of anilines is 6. The Kier molecular flexibility index (Phi) is 8.24. The SMILES string of the molecule is Cc1nc2c3c(n1)N(c1ccc(C(C)(C)C)cn1)c1cc4c(cc1B3c1ccc(C(C)(C)C)cc1N2c1cc2c(cn1)C(C)(C)CCC2(C)C)C(C)(C)CCC4(C)C. The van der Waals surface area contributed by atoms with Gasteiger partial charge in [0.15, 0.2) is 0 Å². The number of fused-ring (bicyclic) bond motifs is 6. The lowest BCUT2D eigenvalue weighted by atomic mass is 9.33. The van der Waals surface area contributed by atoms with Gasteiger partial charge in [-0.05, 0) is 134 Å². The van der Waals surface area contributed by atoms with Crippen molar-refractivity contribution in [1.82, 2.24) is 19.9 Å². The zero-order valence-electron chi connectivity index (χ0n) is 37.9. The molecule has 0 spiro atoms. The van der Waals surface area contributed by atoms with E-state index >= 15 is 0 Å². The summed E-state index contributed by atoms with van der Waals surface area (Å²) in [6, 6.07) is 19.1. The first-order chi connectivity index (χ1) is 26.9. The summed E-state index contributed by atoms with van der Waals surface area (Å²) in [6.07, 6.45) is 8.80. The van der Waals surface area contributed by atoms with Crippen LogP contribution in [0.15, 0.2) is 60.9 Å². The predicted molar refractivity (Wildman–Crippen MR) is 244 cm³/mol. The highest BCUT2D eigenvalue weighted by Gasteiger charge is 2.49. The van der Waals surface area contributed by atoms with Crippen molar-refractivity contribution in [2.75, 3.05) is 9.80 Å². The second-order valence-electron chi connectivity index (χ2n) is 22.7. The minimum Gasteiger partial charge on any atom is -0.280 e. The molecule has 5 heterocycles. The van der Waals surface area contributed by atoms with Gasteiger partial charge in [0.2, 0.25) is 0 Å². The van der Waals surface area contributed by atoms with Gasteiger partial charge >= 0.3 is 0 Å². The van der Waals surface area contributed by atoms with E-state index in [9.17, 15) is 0 Å². The van der Waals surface area contributed by atoms with Crippen LogP contribution in [-0.2, 0) is 32.5 Å². The second kappa shape index (κ2) is 12.3. The molecule has 5 aromatic rings. The molecule has 0 N–H and O–H groups in total. The molecule has 0 fully saturated rings. The van der Waals surface area contributed by atoms with Crippen LogP contribution in [0.25, 0.3) is 0 Å². The minimum absolute atomic E-state index is 0.0163. The monoisotopic (exact) mass is 771 g/mol. The van der Waals surface area contributed by atoms with Crippen molar-refractivity contribution in [3.05, 3.63) is 100 Å². The van der Waals surface area contributed by atoms with Gasteiger partial charge in [-0.2, -0.15) is 0 Å². The summed E-state index contributed by atoms with van der Waals surface area (Å²) in [5.41, 5.74) is 14.2. The molecule has 0 unspecified atom stereocenters. The van der Waals surface area contributed by atoms with E-state index in [1.807, 2.05) is 6.92 Å². The first kappa shape index (κ1) is 39.0. The van der Waals surface area contributed by atoms with Crippen molar-refractivity contribution < 1.29 is 0 Å². The average Bonchev–Trinajstić information content (AvgIpc) is 3.14. The fourth-order valence-corrected chi connectivity index (χ4v) is 10.3. The molecule has 9 rings (SSSR count). The Labute approximate surface area is 348 Å². The Morgan fingerprint density at radius 3 is 1.55 bits per heavy atom. The van der Waals surface area contributed by atoms with E-state index in [1.165, 1.54) is 44.3 Å². The van der Waals surface area contributed by atoms with E-state index in [0.29, 0.717) is 0 Å². The van der Waals surface area contributed by atoms with Gasteiger partial charge in [0.25, 0.3) is 6.71 Å². The lowest BCUT2D eigenvalue weighted by molar-refractivity contribution is 0.331. The molecule has 300 valence electrons. The van der Waals surface area contributed by atoms with Crippen LogP contribution in [0.3, 0.4) is 0 Å². The number of rotatable bonds is 2. The number of nitrogens with zero attached hydrogens (tertiary/aromatic N) is 6. The Balaban J connectivity index is 1.38. The van der Waals surface area contributed by atoms with Crippen molar-refractivity contribution in [2.24, 2.45) is 0 Å². The summed E-state index contributed by atoms with van der Waals surface area (Å²) < 4.78 is 0. The van der Waals surface area contributed by atoms with Crippen LogP contribution < -0.4 is 26.2 Å². The van der Waals surface area contributed by atoms with Gasteiger partial charge in [-0.1, -0.05) is 121 Å². The van der Waals surface area contributed by atoms with E-state index in [4.69, 9.17) is 19.9 Å². The molecule has 2 aliphatic heterocycles. The molecule has 0 saturated heterocycles. The largest absolute Gasteiger partial charge is 0.280 e. The maximum absolute atomic E-state index is 5.45. The molecule has 7 heteroatoms. The number of aryl methyl sites for hydroxylation is 1. The van der Waals surface area contributed by atoms with Crippen LogP contribution >= 0.6 is 0 Å². The average molecular weight is 771 g/mol. The summed E-state index contributed by atoms with van der Waals surface area (Å²) in [4.78, 5) is 26.2. The van der Waals surface area contributed by atoms with Gasteiger partial charge in [0, 0.05) is 29.2 Å². The third-order valence-corrected chi connectivity index (χ3v) is 14.5. The van der Waals surface area contributed by atoms with E-state index < -0.39 is 0 Å². The maximum atomic E-state index is 5.45. The summed E-state index contributed by atoms with van der Waals surface area (Å²) in [6.45, 7) is 34.9. The van der Waals surface area contributed by atoms with E-state index in [1.54, 1.807) is 0 Å². The third kappa shape index (κ3) is 5.87. The maximum Gasteiger partial charge on any atom is 0.256 e. The first-order valence-electron chi connectivity index (χ1n) is 21.7. The molecular formula is C51H63BN6. The Bertz CT molecular complexity index is 2510. The molecule has 0 radical (unpaired) electrons. The topological polar surface area (TPSA) is 58.0 Å². The van der Waals surface area contributed by atoms with Crippen molar-refractivity contribution >= 4 is 57.7 Å². The van der Waals surface area contributed by atoms with Crippen LogP contribution in [0, 0.1) is 6.92 Å². The van der Waals surface area contributed by atoms with E-state index in [-0.39, 0.29) is 39.2 Å². The van der Waals surface area contributed by atoms with Crippen LogP contribution in [-0.4, -0.2) is 26.6 Å². The van der Waals surface area contributed by atoms with Crippen LogP contribution in [0.2, 0.25) is 0 Å². The third-order valence-electron chi connectivity index (χ3n) is 14.5. The van der Waals surface area contributed by atoms with Crippen molar-refractivity contribution in [3.8, 4) is 0 Å². The predicted octanol–water partition coefficient (Wildman–Crippen LogP) is 11.0. The fraction of sp³-hybridized carbons (Fsp3) is 0.490. The number of hydrogen-bond donors (Lipinski definition) is 0. The summed E-state index contributed by atoms with van der Waals surface area (Å²) in [5.74, 6) is 4.32. The van der Waals surface area contributed by atoms with Gasteiger partial charge in [-0.15, -0.1) is 0 Å². The van der Waals surface area contributed by atoms with Gasteiger partial charge in [0.1, 0.15) is 29.1 Å². The minimum atomic E-state index is -0.0786. The summed E-state index contributed by atoms with van der Waals surface area (Å²) in [7, 11) is 0. The van der Waals surface area contributed by atoms with Crippen molar-refractivity contribution in [2.45, 2.75) is 162 Å². The van der Waals surface area contributed by atoms with Crippen LogP contribution in [0.5, 0.6) is 0 Å². The quantitative estimate of drug-likeness (QED) is 0.163. The second-order valence-corrected chi connectivity index (χ2v) is 22.7. The van der Waals surface area contributed by atoms with Crippen LogP contribution in [0.4, 0.5) is 34.6 Å². The molecule has 6 nitrogen and oxygen atoms in total. The molecule has 58 heavy (non-hydrogen) atoms. The fourth-order valence-electron chi connectivity index (χ4n) is 10.3. The number of pyridine rings is 2. The molecular weight excluding hydrogens is 707 g/mol. The Hall–Kier alpha value is -4.52. The number of benzene rings is 2. The zero-order valence-corrected chi connectivity index (χ0v) is 37.9. The zero-order chi connectivity index (χ0) is 41.7. The lowest BCUT2D eigenvalue weighted by Crippen LogP contribution is -2.62. The van der Waals surface area contributed by atoms with Gasteiger partial charge in [-0.25, -0.2) is 19.9 Å². The van der Waals surface area contributed by atoms with Crippen molar-refractivity contribution in [1.29, 1.82) is 0 Å². The highest BCUT2D eigenvalue weighted by molar-refractivity contribution is 7.00. The Morgan fingerprint density at radius 1 is 0.517 bits per heavy atom. The standard InChI is InChI=1S/C51H63BN6/c1-30-55-44-43-45(56-30)58(42-27-35-36(29-54-42)51(14,15)23-22-50(35,12)13)39-24-31(46(2,3)4)16-18-37(39)52(43)38-25-33-34(49(10,11)21-20-48(33,8)9)26-40(38)57(44)41-19-17-32(28-53-41)47(5,6)7/h16-19,24-29H,20-23H2,1-15H3. The van der Waals surface area contributed by atoms with Crippen molar-refractivity contribution in [3.63, 3.8) is 0 Å². The first-order valence-corrected chi connectivity index (χ1v) is 21.7. The molecule has 0 amide bonds. The smallest absolute Gasteiger partial charge is 0.256 e. The molecule has 0 saturated carbocycles. The number of aromatic nitrogens is 4. The molecule has 0 bridgehead atoms. The van der Waals surface area contributed by atoms with Crippen LogP contribution in [0.1, 0.15) is 162 Å². The van der Waals surface area contributed by atoms with Gasteiger partial charge in [-0.3, -0.25) is 9.80 Å². The number of hydrogen-bond acceptors (Lipinski definition) is 6. The molecule has 3 aromatic heterocycles. The van der Waals surface area contributed by atoms with Gasteiger partial charge in [0.05, 0.1) is 0 Å². The van der Waals surface area contributed by atoms with E-state index in [2.05, 4.69) is 168 Å². The summed E-state index contributed by atoms with van der Waals surface area (Å²) >= 11 is 0. The lowest BCUT2D eigenvalue weighted by Gasteiger charge is -2.46. The molecule has 2 aliphatic carbocycles. The highest BCUT2D eigenvalue weighted by Crippen LogP contribution is 2.51. The summed E-state index contributed by atoms with van der Waals surface area (Å²) in [5, 5.41) is 0. The normalized spacial score (nSPS) is 19.5. The molecule has 2 aromatic carbocycles.